The smallest absolute Gasteiger partial charge is 0.224 e. The first-order valence-corrected chi connectivity index (χ1v) is 9.31. The number of amides is 1. The zero-order chi connectivity index (χ0) is 18.3. The lowest BCUT2D eigenvalue weighted by Gasteiger charge is -2.34. The number of hydrogen-bond donors (Lipinski definition) is 2. The summed E-state index contributed by atoms with van der Waals surface area (Å²) in [4.78, 5) is 14.9. The number of rotatable bonds is 4. The number of hydrogen-bond acceptors (Lipinski definition) is 3. The first kappa shape index (κ1) is 17.1. The maximum atomic E-state index is 12.7. The van der Waals surface area contributed by atoms with Gasteiger partial charge in [-0.25, -0.2) is 0 Å². The van der Waals surface area contributed by atoms with Gasteiger partial charge in [-0.05, 0) is 48.7 Å². The molecule has 1 amide bonds. The molecule has 1 fully saturated rings. The molecule has 1 aliphatic carbocycles. The van der Waals surface area contributed by atoms with E-state index in [-0.39, 0.29) is 23.3 Å². The molecule has 4 nitrogen and oxygen atoms in total. The van der Waals surface area contributed by atoms with Crippen molar-refractivity contribution in [2.45, 2.75) is 37.8 Å². The lowest BCUT2D eigenvalue weighted by atomic mass is 9.93. The van der Waals surface area contributed by atoms with Crippen molar-refractivity contribution < 1.29 is 9.90 Å². The lowest BCUT2D eigenvalue weighted by molar-refractivity contribution is -0.123. The molecule has 26 heavy (non-hydrogen) atoms. The third-order valence-electron chi connectivity index (χ3n) is 6.19. The molecule has 1 unspecified atom stereocenters. The Morgan fingerprint density at radius 3 is 2.77 bits per heavy atom. The van der Waals surface area contributed by atoms with Crippen LogP contribution >= 0.6 is 0 Å². The second-order valence-corrected chi connectivity index (χ2v) is 8.01. The highest BCUT2D eigenvalue weighted by molar-refractivity contribution is 5.84. The molecule has 3 atom stereocenters. The van der Waals surface area contributed by atoms with Gasteiger partial charge in [0, 0.05) is 30.5 Å². The van der Waals surface area contributed by atoms with Crippen molar-refractivity contribution in [3.8, 4) is 5.75 Å². The predicted molar refractivity (Wildman–Crippen MR) is 102 cm³/mol. The van der Waals surface area contributed by atoms with E-state index >= 15 is 0 Å². The van der Waals surface area contributed by atoms with Gasteiger partial charge in [0.1, 0.15) is 5.75 Å². The minimum Gasteiger partial charge on any atom is -0.508 e. The molecule has 2 aromatic rings. The van der Waals surface area contributed by atoms with E-state index in [9.17, 15) is 9.90 Å². The van der Waals surface area contributed by atoms with E-state index in [0.717, 1.165) is 19.4 Å². The van der Waals surface area contributed by atoms with E-state index in [1.807, 2.05) is 30.3 Å². The summed E-state index contributed by atoms with van der Waals surface area (Å²) in [5.74, 6) is 0.558. The Labute approximate surface area is 154 Å². The van der Waals surface area contributed by atoms with Gasteiger partial charge in [0.05, 0.1) is 0 Å². The zero-order valence-corrected chi connectivity index (χ0v) is 15.4. The standard InChI is InChI=1S/C22H26N2O2/c1-22(17-6-4-3-5-7-17)12-20(22)21(26)23-13-18-10-15-8-9-19(25)11-16(15)14-24(18)2/h3-9,11,18,20,25H,10,12-14H2,1-2H3,(H,23,26)/t18-,20?,22+/m0/s1. The van der Waals surface area contributed by atoms with Crippen molar-refractivity contribution in [1.82, 2.24) is 10.2 Å². The van der Waals surface area contributed by atoms with E-state index < -0.39 is 0 Å². The summed E-state index contributed by atoms with van der Waals surface area (Å²) in [5, 5.41) is 12.8. The van der Waals surface area contributed by atoms with Crippen molar-refractivity contribution in [3.05, 3.63) is 65.2 Å². The molecule has 1 aliphatic heterocycles. The quantitative estimate of drug-likeness (QED) is 0.891. The normalized spacial score (nSPS) is 27.6. The second-order valence-electron chi connectivity index (χ2n) is 8.01. The van der Waals surface area contributed by atoms with Gasteiger partial charge < -0.3 is 10.4 Å². The molecule has 2 aliphatic rings. The highest BCUT2D eigenvalue weighted by Crippen LogP contribution is 2.53. The van der Waals surface area contributed by atoms with Gasteiger partial charge in [0.25, 0.3) is 0 Å². The molecule has 0 spiro atoms. The number of nitrogens with one attached hydrogen (secondary N) is 1. The maximum Gasteiger partial charge on any atom is 0.224 e. The average molecular weight is 350 g/mol. The molecule has 0 radical (unpaired) electrons. The Hall–Kier alpha value is -2.33. The fraction of sp³-hybridized carbons (Fsp3) is 0.409. The van der Waals surface area contributed by atoms with E-state index in [4.69, 9.17) is 0 Å². The lowest BCUT2D eigenvalue weighted by Crippen LogP contribution is -2.46. The fourth-order valence-corrected chi connectivity index (χ4v) is 4.22. The van der Waals surface area contributed by atoms with Gasteiger partial charge in [-0.2, -0.15) is 0 Å². The van der Waals surface area contributed by atoms with Gasteiger partial charge >= 0.3 is 0 Å². The van der Waals surface area contributed by atoms with Crippen LogP contribution in [0.4, 0.5) is 0 Å². The van der Waals surface area contributed by atoms with Crippen LogP contribution in [0.3, 0.4) is 0 Å². The van der Waals surface area contributed by atoms with Crippen LogP contribution in [0, 0.1) is 5.92 Å². The summed E-state index contributed by atoms with van der Waals surface area (Å²) in [6, 6.07) is 16.2. The van der Waals surface area contributed by atoms with Crippen LogP contribution in [0.1, 0.15) is 30.0 Å². The molecule has 0 bridgehead atoms. The highest BCUT2D eigenvalue weighted by Gasteiger charge is 2.55. The zero-order valence-electron chi connectivity index (χ0n) is 15.4. The number of fused-ring (bicyclic) bond motifs is 1. The molecular weight excluding hydrogens is 324 g/mol. The molecule has 1 saturated carbocycles. The number of benzene rings is 2. The summed E-state index contributed by atoms with van der Waals surface area (Å²) in [6.45, 7) is 3.65. The number of carbonyl (C=O) groups is 1. The van der Waals surface area contributed by atoms with Crippen LogP contribution < -0.4 is 5.32 Å². The van der Waals surface area contributed by atoms with Crippen molar-refractivity contribution in [3.63, 3.8) is 0 Å². The van der Waals surface area contributed by atoms with E-state index in [2.05, 4.69) is 36.3 Å². The number of nitrogens with zero attached hydrogens (tertiary/aromatic N) is 1. The largest absolute Gasteiger partial charge is 0.508 e. The van der Waals surface area contributed by atoms with Crippen LogP contribution in [0.25, 0.3) is 0 Å². The minimum atomic E-state index is -0.0199. The SMILES string of the molecule is CN1Cc2cc(O)ccc2C[C@H]1CNC(=O)C1C[C@]1(C)c1ccccc1. The van der Waals surface area contributed by atoms with E-state index in [0.29, 0.717) is 12.3 Å². The molecule has 136 valence electrons. The third kappa shape index (κ3) is 3.10. The molecule has 4 rings (SSSR count). The molecule has 2 N–H and O–H groups in total. The summed E-state index contributed by atoms with van der Waals surface area (Å²) in [6.07, 6.45) is 1.82. The molecule has 1 heterocycles. The van der Waals surface area contributed by atoms with Crippen LogP contribution in [-0.2, 0) is 23.2 Å². The number of likely N-dealkylation sites (N-methyl/N-ethyl adjacent to an activating group) is 1. The maximum absolute atomic E-state index is 12.7. The van der Waals surface area contributed by atoms with Crippen LogP contribution in [-0.4, -0.2) is 35.5 Å². The average Bonchev–Trinajstić information content (AvgIpc) is 3.34. The van der Waals surface area contributed by atoms with Gasteiger partial charge in [0.2, 0.25) is 5.91 Å². The number of carbonyl (C=O) groups excluding carboxylic acids is 1. The van der Waals surface area contributed by atoms with Gasteiger partial charge in [0.15, 0.2) is 0 Å². The monoisotopic (exact) mass is 350 g/mol. The van der Waals surface area contributed by atoms with Gasteiger partial charge in [-0.3, -0.25) is 9.69 Å². The first-order valence-electron chi connectivity index (χ1n) is 9.31. The van der Waals surface area contributed by atoms with Crippen molar-refractivity contribution in [2.75, 3.05) is 13.6 Å². The van der Waals surface area contributed by atoms with Crippen molar-refractivity contribution in [2.24, 2.45) is 5.92 Å². The Bertz CT molecular complexity index is 820. The molecule has 0 saturated heterocycles. The number of phenolic OH excluding ortho intramolecular Hbond substituents is 1. The van der Waals surface area contributed by atoms with Gasteiger partial charge in [-0.1, -0.05) is 43.3 Å². The highest BCUT2D eigenvalue weighted by atomic mass is 16.3. The van der Waals surface area contributed by atoms with E-state index in [1.165, 1.54) is 16.7 Å². The van der Waals surface area contributed by atoms with Crippen LogP contribution in [0.2, 0.25) is 0 Å². The second kappa shape index (κ2) is 6.44. The Morgan fingerprint density at radius 2 is 2.00 bits per heavy atom. The number of aromatic hydroxyl groups is 1. The molecular formula is C22H26N2O2. The Kier molecular flexibility index (Phi) is 4.23. The first-order chi connectivity index (χ1) is 12.5. The van der Waals surface area contributed by atoms with Crippen molar-refractivity contribution in [1.29, 1.82) is 0 Å². The van der Waals surface area contributed by atoms with E-state index in [1.54, 1.807) is 6.07 Å². The molecule has 2 aromatic carbocycles. The van der Waals surface area contributed by atoms with Crippen LogP contribution in [0.5, 0.6) is 5.75 Å². The Balaban J connectivity index is 1.36. The molecule has 0 aromatic heterocycles. The van der Waals surface area contributed by atoms with Crippen molar-refractivity contribution >= 4 is 5.91 Å². The molecule has 4 heteroatoms. The summed E-state index contributed by atoms with van der Waals surface area (Å²) < 4.78 is 0. The topological polar surface area (TPSA) is 52.6 Å². The Morgan fingerprint density at radius 1 is 1.23 bits per heavy atom. The summed E-state index contributed by atoms with van der Waals surface area (Å²) >= 11 is 0. The summed E-state index contributed by atoms with van der Waals surface area (Å²) in [7, 11) is 2.08. The van der Waals surface area contributed by atoms with Crippen LogP contribution in [0.15, 0.2) is 48.5 Å². The fourth-order valence-electron chi connectivity index (χ4n) is 4.22. The summed E-state index contributed by atoms with van der Waals surface area (Å²) in [5.41, 5.74) is 3.67. The third-order valence-corrected chi connectivity index (χ3v) is 6.19. The number of phenols is 1. The predicted octanol–water partition coefficient (Wildman–Crippen LogP) is 2.84. The van der Waals surface area contributed by atoms with Gasteiger partial charge in [-0.15, -0.1) is 0 Å². The minimum absolute atomic E-state index is 0.0199.